The molecule has 0 spiro atoms. The zero-order chi connectivity index (χ0) is 10.4. The van der Waals surface area contributed by atoms with Crippen LogP contribution in [0.25, 0.3) is 0 Å². The summed E-state index contributed by atoms with van der Waals surface area (Å²) >= 11 is 0. The van der Waals surface area contributed by atoms with E-state index in [9.17, 15) is 0 Å². The molecule has 1 N–H and O–H groups in total. The molecule has 0 fully saturated rings. The predicted octanol–water partition coefficient (Wildman–Crippen LogP) is 0.440. The average molecular weight is 385 g/mol. The van der Waals surface area contributed by atoms with Gasteiger partial charge in [-0.2, -0.15) is 0 Å². The second-order valence-electron chi connectivity index (χ2n) is 3.60. The molecule has 1 heterocycles. The second kappa shape index (κ2) is 7.94. The van der Waals surface area contributed by atoms with E-state index in [2.05, 4.69) is 24.2 Å². The molecule has 0 aliphatic carbocycles. The quantitative estimate of drug-likeness (QED) is 0.722. The maximum atomic E-state index is 8.50. The molecular weight excluding hydrogens is 368 g/mol. The number of ether oxygens (including phenoxy) is 1. The summed E-state index contributed by atoms with van der Waals surface area (Å²) in [7, 11) is 0. The van der Waals surface area contributed by atoms with Gasteiger partial charge in [0.05, 0.1) is 26.0 Å². The SMILES string of the molecule is CC(C)Cn1cc(COCCO)nn1.[Re]. The Morgan fingerprint density at radius 1 is 1.53 bits per heavy atom. The summed E-state index contributed by atoms with van der Waals surface area (Å²) in [5.74, 6) is 0.558. The van der Waals surface area contributed by atoms with E-state index in [4.69, 9.17) is 9.84 Å². The van der Waals surface area contributed by atoms with Crippen molar-refractivity contribution in [3.8, 4) is 0 Å². The minimum Gasteiger partial charge on any atom is -0.394 e. The Hall–Kier alpha value is -0.278. The Morgan fingerprint density at radius 3 is 2.87 bits per heavy atom. The van der Waals surface area contributed by atoms with Crippen molar-refractivity contribution in [2.45, 2.75) is 27.0 Å². The predicted molar refractivity (Wildman–Crippen MR) is 51.6 cm³/mol. The summed E-state index contributed by atoms with van der Waals surface area (Å²) < 4.78 is 6.93. The first kappa shape index (κ1) is 14.7. The first-order valence-electron chi connectivity index (χ1n) is 4.80. The van der Waals surface area contributed by atoms with Crippen LogP contribution in [0.4, 0.5) is 0 Å². The standard InChI is InChI=1S/C9H17N3O2.Re/c1-8(2)5-12-6-9(10-11-12)7-14-4-3-13;/h6,8,13H,3-5,7H2,1-2H3;. The molecule has 1 rings (SSSR count). The van der Waals surface area contributed by atoms with Gasteiger partial charge in [-0.15, -0.1) is 5.10 Å². The molecule has 1 aromatic heterocycles. The fraction of sp³-hybridized carbons (Fsp3) is 0.778. The van der Waals surface area contributed by atoms with Crippen LogP contribution in [0.5, 0.6) is 0 Å². The van der Waals surface area contributed by atoms with Gasteiger partial charge < -0.3 is 9.84 Å². The minimum absolute atomic E-state index is 0. The van der Waals surface area contributed by atoms with Crippen molar-refractivity contribution in [2.24, 2.45) is 5.92 Å². The van der Waals surface area contributed by atoms with Crippen molar-refractivity contribution >= 4 is 0 Å². The molecule has 0 amide bonds. The summed E-state index contributed by atoms with van der Waals surface area (Å²) in [5, 5.41) is 16.4. The summed E-state index contributed by atoms with van der Waals surface area (Å²) in [5.41, 5.74) is 0.805. The molecule has 87 valence electrons. The van der Waals surface area contributed by atoms with Crippen LogP contribution in [0.15, 0.2) is 6.20 Å². The number of hydrogen-bond donors (Lipinski definition) is 1. The molecule has 0 aromatic carbocycles. The largest absolute Gasteiger partial charge is 0.394 e. The van der Waals surface area contributed by atoms with Gasteiger partial charge in [0, 0.05) is 27.0 Å². The van der Waals surface area contributed by atoms with Gasteiger partial charge in [-0.05, 0) is 5.92 Å². The Balaban J connectivity index is 0.00000196. The van der Waals surface area contributed by atoms with Crippen LogP contribution < -0.4 is 0 Å². The molecule has 0 aliphatic rings. The Morgan fingerprint density at radius 2 is 2.27 bits per heavy atom. The second-order valence-corrected chi connectivity index (χ2v) is 3.60. The third-order valence-electron chi connectivity index (χ3n) is 1.62. The van der Waals surface area contributed by atoms with Gasteiger partial charge in [-0.1, -0.05) is 19.1 Å². The topological polar surface area (TPSA) is 60.2 Å². The summed E-state index contributed by atoms with van der Waals surface area (Å²) in [6.45, 7) is 5.93. The smallest absolute Gasteiger partial charge is 0.108 e. The molecule has 0 bridgehead atoms. The van der Waals surface area contributed by atoms with Gasteiger partial charge in [0.25, 0.3) is 0 Å². The summed E-state index contributed by atoms with van der Waals surface area (Å²) in [4.78, 5) is 0. The number of nitrogens with zero attached hydrogens (tertiary/aromatic N) is 3. The molecule has 15 heavy (non-hydrogen) atoms. The minimum atomic E-state index is 0. The molecule has 0 saturated heterocycles. The molecule has 0 atom stereocenters. The van der Waals surface area contributed by atoms with Crippen LogP contribution >= 0.6 is 0 Å². The Kier molecular flexibility index (Phi) is 7.80. The third-order valence-corrected chi connectivity index (χ3v) is 1.62. The van der Waals surface area contributed by atoms with Gasteiger partial charge in [0.15, 0.2) is 0 Å². The van der Waals surface area contributed by atoms with Gasteiger partial charge in [-0.25, -0.2) is 0 Å². The molecule has 1 aromatic rings. The van der Waals surface area contributed by atoms with Crippen molar-refractivity contribution in [1.29, 1.82) is 0 Å². The van der Waals surface area contributed by atoms with Crippen LogP contribution in [-0.2, 0) is 38.3 Å². The fourth-order valence-electron chi connectivity index (χ4n) is 1.11. The van der Waals surface area contributed by atoms with E-state index >= 15 is 0 Å². The van der Waals surface area contributed by atoms with Crippen molar-refractivity contribution in [3.05, 3.63) is 11.9 Å². The van der Waals surface area contributed by atoms with Gasteiger partial charge in [-0.3, -0.25) is 4.68 Å². The number of aliphatic hydroxyl groups excluding tert-OH is 1. The van der Waals surface area contributed by atoms with Gasteiger partial charge >= 0.3 is 0 Å². The number of aromatic nitrogens is 3. The Labute approximate surface area is 103 Å². The first-order valence-corrected chi connectivity index (χ1v) is 4.80. The van der Waals surface area contributed by atoms with Crippen LogP contribution in [-0.4, -0.2) is 33.3 Å². The average Bonchev–Trinajstić information content (AvgIpc) is 2.52. The summed E-state index contributed by atoms with van der Waals surface area (Å²) in [6.07, 6.45) is 1.87. The number of hydrogen-bond acceptors (Lipinski definition) is 4. The van der Waals surface area contributed by atoms with Gasteiger partial charge in [0.2, 0.25) is 0 Å². The zero-order valence-electron chi connectivity index (χ0n) is 9.06. The Bertz CT molecular complexity index is 266. The normalized spacial score (nSPS) is 10.4. The van der Waals surface area contributed by atoms with Crippen molar-refractivity contribution in [2.75, 3.05) is 13.2 Å². The van der Waals surface area contributed by atoms with Crippen molar-refractivity contribution in [1.82, 2.24) is 15.0 Å². The molecule has 1 radical (unpaired) electrons. The monoisotopic (exact) mass is 386 g/mol. The molecule has 0 saturated carbocycles. The molecule has 6 heteroatoms. The summed E-state index contributed by atoms with van der Waals surface area (Å²) in [6, 6.07) is 0. The van der Waals surface area contributed by atoms with E-state index in [1.165, 1.54) is 0 Å². The number of aliphatic hydroxyl groups is 1. The van der Waals surface area contributed by atoms with E-state index in [-0.39, 0.29) is 27.0 Å². The molecule has 5 nitrogen and oxygen atoms in total. The van der Waals surface area contributed by atoms with Crippen LogP contribution in [0, 0.1) is 5.92 Å². The molecule has 0 aliphatic heterocycles. The number of rotatable bonds is 6. The van der Waals surface area contributed by atoms with Crippen molar-refractivity contribution < 1.29 is 30.3 Å². The molecule has 0 unspecified atom stereocenters. The van der Waals surface area contributed by atoms with Crippen LogP contribution in [0.3, 0.4) is 0 Å². The van der Waals surface area contributed by atoms with Gasteiger partial charge in [0.1, 0.15) is 5.69 Å². The first-order chi connectivity index (χ1) is 6.72. The maximum Gasteiger partial charge on any atom is 0.108 e. The maximum absolute atomic E-state index is 8.50. The third kappa shape index (κ3) is 6.00. The van der Waals surface area contributed by atoms with Crippen molar-refractivity contribution in [3.63, 3.8) is 0 Å². The van der Waals surface area contributed by atoms with E-state index in [1.54, 1.807) is 0 Å². The fourth-order valence-corrected chi connectivity index (χ4v) is 1.11. The molecular formula is C9H17N3O2Re. The zero-order valence-corrected chi connectivity index (χ0v) is 11.8. The van der Waals surface area contributed by atoms with E-state index in [0.717, 1.165) is 12.2 Å². The van der Waals surface area contributed by atoms with Crippen LogP contribution in [0.2, 0.25) is 0 Å². The van der Waals surface area contributed by atoms with E-state index in [1.807, 2.05) is 10.9 Å². The van der Waals surface area contributed by atoms with E-state index in [0.29, 0.717) is 19.1 Å². The van der Waals surface area contributed by atoms with E-state index < -0.39 is 0 Å². The van der Waals surface area contributed by atoms with Crippen LogP contribution in [0.1, 0.15) is 19.5 Å².